The maximum atomic E-state index is 2.43. The molecule has 0 spiro atoms. The lowest BCUT2D eigenvalue weighted by Gasteiger charge is -2.14. The van der Waals surface area contributed by atoms with Gasteiger partial charge in [-0.05, 0) is 64.5 Å². The van der Waals surface area contributed by atoms with E-state index in [4.69, 9.17) is 0 Å². The highest BCUT2D eigenvalue weighted by Gasteiger charge is 2.28. The van der Waals surface area contributed by atoms with E-state index < -0.39 is 0 Å². The van der Waals surface area contributed by atoms with Crippen molar-refractivity contribution >= 4 is 11.1 Å². The molecule has 0 fully saturated rings. The summed E-state index contributed by atoms with van der Waals surface area (Å²) in [5.41, 5.74) is 13.2. The van der Waals surface area contributed by atoms with Crippen molar-refractivity contribution in [2.45, 2.75) is 26.7 Å². The van der Waals surface area contributed by atoms with Crippen LogP contribution in [0.5, 0.6) is 0 Å². The van der Waals surface area contributed by atoms with Crippen LogP contribution in [0.2, 0.25) is 0 Å². The summed E-state index contributed by atoms with van der Waals surface area (Å²) in [7, 11) is 0. The molecule has 156 valence electrons. The van der Waals surface area contributed by atoms with Gasteiger partial charge in [-0.15, -0.1) is 0 Å². The van der Waals surface area contributed by atoms with Crippen molar-refractivity contribution in [3.8, 4) is 0 Å². The van der Waals surface area contributed by atoms with Crippen LogP contribution in [-0.4, -0.2) is 0 Å². The predicted octanol–water partition coefficient (Wildman–Crippen LogP) is 8.35. The first-order chi connectivity index (χ1) is 15.6. The molecule has 0 radical (unpaired) electrons. The van der Waals surface area contributed by atoms with Crippen molar-refractivity contribution in [2.75, 3.05) is 0 Å². The van der Waals surface area contributed by atoms with Crippen molar-refractivity contribution in [2.24, 2.45) is 0 Å². The molecule has 0 saturated heterocycles. The van der Waals surface area contributed by atoms with Crippen LogP contribution in [0.25, 0.3) is 11.1 Å². The van der Waals surface area contributed by atoms with E-state index in [0.29, 0.717) is 5.92 Å². The smallest absolute Gasteiger partial charge is 0.00738 e. The Balaban J connectivity index is 1.78. The highest BCUT2D eigenvalue weighted by molar-refractivity contribution is 5.93. The average molecular weight is 413 g/mol. The van der Waals surface area contributed by atoms with Gasteiger partial charge in [0.05, 0.1) is 0 Å². The summed E-state index contributed by atoms with van der Waals surface area (Å²) in [5, 5.41) is 0. The van der Waals surface area contributed by atoms with Gasteiger partial charge in [0.15, 0.2) is 0 Å². The van der Waals surface area contributed by atoms with E-state index in [1.807, 2.05) is 0 Å². The topological polar surface area (TPSA) is 0 Å². The molecule has 1 atom stereocenters. The van der Waals surface area contributed by atoms with E-state index in [2.05, 4.69) is 130 Å². The number of fused-ring (bicyclic) bond motifs is 1. The van der Waals surface area contributed by atoms with E-state index in [1.165, 1.54) is 55.7 Å². The fourth-order valence-corrected chi connectivity index (χ4v) is 4.77. The Labute approximate surface area is 191 Å². The van der Waals surface area contributed by atoms with E-state index in [-0.39, 0.29) is 0 Å². The van der Waals surface area contributed by atoms with E-state index in [1.54, 1.807) is 0 Å². The van der Waals surface area contributed by atoms with Crippen molar-refractivity contribution in [1.29, 1.82) is 0 Å². The SMILES string of the molecule is Cc1ccc(C2=C(C=C(c3ccccc3)c3ccccc3)C(C)c3cc(C)ccc32)cc1. The first-order valence-electron chi connectivity index (χ1n) is 11.4. The fraction of sp³-hybridized carbons (Fsp3) is 0.125. The molecule has 4 aromatic rings. The summed E-state index contributed by atoms with van der Waals surface area (Å²) in [5.74, 6) is 0.337. The number of allylic oxidation sites excluding steroid dienone is 2. The molecule has 0 amide bonds. The average Bonchev–Trinajstić information content (AvgIpc) is 3.10. The van der Waals surface area contributed by atoms with Crippen LogP contribution in [0.3, 0.4) is 0 Å². The minimum absolute atomic E-state index is 0.337. The van der Waals surface area contributed by atoms with Crippen LogP contribution >= 0.6 is 0 Å². The Morgan fingerprint density at radius 3 is 1.81 bits per heavy atom. The van der Waals surface area contributed by atoms with Gasteiger partial charge in [-0.2, -0.15) is 0 Å². The molecule has 0 aromatic heterocycles. The highest BCUT2D eigenvalue weighted by atomic mass is 14.3. The van der Waals surface area contributed by atoms with E-state index >= 15 is 0 Å². The summed E-state index contributed by atoms with van der Waals surface area (Å²) >= 11 is 0. The third-order valence-electron chi connectivity index (χ3n) is 6.51. The largest absolute Gasteiger partial charge is 0.0622 e. The molecule has 0 aliphatic heterocycles. The molecule has 32 heavy (non-hydrogen) atoms. The Morgan fingerprint density at radius 2 is 1.22 bits per heavy atom. The number of aryl methyl sites for hydroxylation is 2. The van der Waals surface area contributed by atoms with E-state index in [9.17, 15) is 0 Å². The van der Waals surface area contributed by atoms with Gasteiger partial charge in [-0.25, -0.2) is 0 Å². The number of rotatable bonds is 4. The van der Waals surface area contributed by atoms with Crippen molar-refractivity contribution in [3.63, 3.8) is 0 Å². The zero-order valence-corrected chi connectivity index (χ0v) is 19.0. The Hall–Kier alpha value is -3.64. The number of hydrogen-bond donors (Lipinski definition) is 0. The number of benzene rings is 4. The second-order valence-corrected chi connectivity index (χ2v) is 8.80. The van der Waals surface area contributed by atoms with Gasteiger partial charge in [0.2, 0.25) is 0 Å². The van der Waals surface area contributed by atoms with Crippen molar-refractivity contribution < 1.29 is 0 Å². The minimum atomic E-state index is 0.337. The molecular weight excluding hydrogens is 384 g/mol. The molecule has 0 heteroatoms. The van der Waals surface area contributed by atoms with Crippen LogP contribution in [-0.2, 0) is 0 Å². The third kappa shape index (κ3) is 3.74. The van der Waals surface area contributed by atoms with Gasteiger partial charge in [-0.3, -0.25) is 0 Å². The fourth-order valence-electron chi connectivity index (χ4n) is 4.77. The molecule has 0 nitrogen and oxygen atoms in total. The number of hydrogen-bond acceptors (Lipinski definition) is 0. The third-order valence-corrected chi connectivity index (χ3v) is 6.51. The standard InChI is InChI=1S/C32H28/c1-22-14-17-27(18-15-22)32-28-19-16-23(2)20-29(28)24(3)30(32)21-31(25-10-6-4-7-11-25)26-12-8-5-9-13-26/h4-21,24H,1-3H3. The molecule has 1 unspecified atom stereocenters. The monoisotopic (exact) mass is 412 g/mol. The van der Waals surface area contributed by atoms with Crippen molar-refractivity contribution in [3.05, 3.63) is 154 Å². The second-order valence-electron chi connectivity index (χ2n) is 8.80. The van der Waals surface area contributed by atoms with Crippen LogP contribution < -0.4 is 0 Å². The van der Waals surface area contributed by atoms with Crippen molar-refractivity contribution in [1.82, 2.24) is 0 Å². The van der Waals surface area contributed by atoms with Gasteiger partial charge in [0, 0.05) is 5.92 Å². The second kappa shape index (κ2) is 8.48. The van der Waals surface area contributed by atoms with Gasteiger partial charge >= 0.3 is 0 Å². The maximum Gasteiger partial charge on any atom is 0.00738 e. The van der Waals surface area contributed by atoms with Gasteiger partial charge in [0.25, 0.3) is 0 Å². The zero-order valence-electron chi connectivity index (χ0n) is 19.0. The first-order valence-corrected chi connectivity index (χ1v) is 11.4. The molecule has 0 N–H and O–H groups in total. The summed E-state index contributed by atoms with van der Waals surface area (Å²) < 4.78 is 0. The normalized spacial score (nSPS) is 14.9. The van der Waals surface area contributed by atoms with Crippen LogP contribution in [0.4, 0.5) is 0 Å². The molecule has 0 bridgehead atoms. The lowest BCUT2D eigenvalue weighted by Crippen LogP contribution is -1.95. The summed E-state index contributed by atoms with van der Waals surface area (Å²) in [6, 6.07) is 37.4. The maximum absolute atomic E-state index is 2.43. The Kier molecular flexibility index (Phi) is 5.37. The Bertz CT molecular complexity index is 1260. The van der Waals surface area contributed by atoms with Crippen LogP contribution in [0.15, 0.2) is 115 Å². The summed E-state index contributed by atoms with van der Waals surface area (Å²) in [6.07, 6.45) is 2.43. The first kappa shape index (κ1) is 20.3. The Morgan fingerprint density at radius 1 is 0.656 bits per heavy atom. The highest BCUT2D eigenvalue weighted by Crippen LogP contribution is 2.47. The van der Waals surface area contributed by atoms with E-state index in [0.717, 1.165) is 0 Å². The predicted molar refractivity (Wildman–Crippen MR) is 137 cm³/mol. The summed E-state index contributed by atoms with van der Waals surface area (Å²) in [6.45, 7) is 6.68. The molecule has 0 saturated carbocycles. The molecule has 1 aliphatic rings. The zero-order chi connectivity index (χ0) is 22.1. The molecule has 1 aliphatic carbocycles. The molecule has 5 rings (SSSR count). The van der Waals surface area contributed by atoms with Gasteiger partial charge < -0.3 is 0 Å². The molecule has 0 heterocycles. The van der Waals surface area contributed by atoms with Crippen LogP contribution in [0, 0.1) is 13.8 Å². The minimum Gasteiger partial charge on any atom is -0.0622 e. The summed E-state index contributed by atoms with van der Waals surface area (Å²) in [4.78, 5) is 0. The lowest BCUT2D eigenvalue weighted by molar-refractivity contribution is 0.945. The molecular formula is C32H28. The lowest BCUT2D eigenvalue weighted by atomic mass is 9.90. The quantitative estimate of drug-likeness (QED) is 0.316. The molecule has 4 aromatic carbocycles. The van der Waals surface area contributed by atoms with Gasteiger partial charge in [-0.1, -0.05) is 121 Å². The van der Waals surface area contributed by atoms with Crippen LogP contribution in [0.1, 0.15) is 51.8 Å². The van der Waals surface area contributed by atoms with Gasteiger partial charge in [0.1, 0.15) is 0 Å².